The Labute approximate surface area is 168 Å². The fourth-order valence-electron chi connectivity index (χ4n) is 5.57. The average molecular weight is 393 g/mol. The molecule has 1 aliphatic heterocycles. The molecule has 2 saturated carbocycles. The molecule has 6 rings (SSSR count). The molecular weight excluding hydrogens is 370 g/mol. The van der Waals surface area contributed by atoms with Crippen molar-refractivity contribution < 1.29 is 19.2 Å². The van der Waals surface area contributed by atoms with E-state index in [-0.39, 0.29) is 41.4 Å². The summed E-state index contributed by atoms with van der Waals surface area (Å²) in [7, 11) is 0. The highest BCUT2D eigenvalue weighted by atomic mass is 16.2. The second-order valence-corrected chi connectivity index (χ2v) is 8.62. The Morgan fingerprint density at radius 3 is 1.90 bits per heavy atom. The topological polar surface area (TPSA) is 95.6 Å². The van der Waals surface area contributed by atoms with Crippen LogP contribution in [0.1, 0.15) is 20.3 Å². The summed E-state index contributed by atoms with van der Waals surface area (Å²) in [5.74, 6) is -0.208. The number of allylic oxidation sites excluding steroid dienone is 2. The molecule has 7 heteroatoms. The highest BCUT2D eigenvalue weighted by molar-refractivity contribution is 6.10. The number of hydrogen-bond donors (Lipinski definition) is 2. The van der Waals surface area contributed by atoms with Crippen molar-refractivity contribution in [2.45, 2.75) is 26.3 Å². The van der Waals surface area contributed by atoms with Crippen LogP contribution in [0, 0.1) is 35.5 Å². The standard InChI is InChI=1S/C22H23N3O4/c1-10(20(27)24-13-5-3-12(4-6-13)23-11(2)26)25-21(28)18-14-7-8-15(17-9-16(14)17)19(18)22(25)29/h3-8,10,14-19H,9H2,1-2H3,(H,23,26)(H,24,27)/t10-,14-,15-,16-,17+,18+,19+/m0/s1. The first-order chi connectivity index (χ1) is 13.9. The van der Waals surface area contributed by atoms with Gasteiger partial charge < -0.3 is 10.6 Å². The molecule has 2 N–H and O–H groups in total. The summed E-state index contributed by atoms with van der Waals surface area (Å²) in [4.78, 5) is 51.3. The zero-order valence-corrected chi connectivity index (χ0v) is 16.3. The molecule has 1 saturated heterocycles. The van der Waals surface area contributed by atoms with Gasteiger partial charge in [0.1, 0.15) is 6.04 Å². The summed E-state index contributed by atoms with van der Waals surface area (Å²) in [6.45, 7) is 3.02. The van der Waals surface area contributed by atoms with Crippen LogP contribution in [0.5, 0.6) is 0 Å². The summed E-state index contributed by atoms with van der Waals surface area (Å²) in [5.41, 5.74) is 1.16. The van der Waals surface area contributed by atoms with E-state index in [4.69, 9.17) is 0 Å². The minimum atomic E-state index is -0.869. The van der Waals surface area contributed by atoms with Crippen molar-refractivity contribution in [3.05, 3.63) is 36.4 Å². The van der Waals surface area contributed by atoms with Crippen molar-refractivity contribution in [1.82, 2.24) is 4.90 Å². The molecule has 1 aromatic carbocycles. The molecule has 2 bridgehead atoms. The Bertz CT molecular complexity index is 917. The van der Waals surface area contributed by atoms with Crippen molar-refractivity contribution in [2.75, 3.05) is 10.6 Å². The lowest BCUT2D eigenvalue weighted by atomic mass is 9.63. The predicted octanol–water partition coefficient (Wildman–Crippen LogP) is 2.03. The van der Waals surface area contributed by atoms with Gasteiger partial charge in [0, 0.05) is 18.3 Å². The van der Waals surface area contributed by atoms with Gasteiger partial charge in [0.25, 0.3) is 0 Å². The summed E-state index contributed by atoms with van der Waals surface area (Å²) < 4.78 is 0. The van der Waals surface area contributed by atoms with Gasteiger partial charge in [0.15, 0.2) is 0 Å². The Hall–Kier alpha value is -2.96. The van der Waals surface area contributed by atoms with Gasteiger partial charge in [-0.25, -0.2) is 0 Å². The van der Waals surface area contributed by atoms with Crippen LogP contribution < -0.4 is 10.6 Å². The Morgan fingerprint density at radius 1 is 0.931 bits per heavy atom. The van der Waals surface area contributed by atoms with Gasteiger partial charge in [-0.15, -0.1) is 0 Å². The Balaban J connectivity index is 1.30. The Kier molecular flexibility index (Phi) is 3.91. The molecule has 5 aliphatic rings. The molecule has 7 atom stereocenters. The number of imide groups is 1. The van der Waals surface area contributed by atoms with E-state index in [9.17, 15) is 19.2 Å². The number of carbonyl (C=O) groups is 4. The van der Waals surface area contributed by atoms with Crippen LogP contribution in [-0.2, 0) is 19.2 Å². The number of nitrogens with one attached hydrogen (secondary N) is 2. The molecule has 1 aromatic rings. The van der Waals surface area contributed by atoms with E-state index >= 15 is 0 Å². The number of likely N-dealkylation sites (tertiary alicyclic amines) is 1. The number of anilines is 2. The van der Waals surface area contributed by atoms with Crippen LogP contribution in [-0.4, -0.2) is 34.6 Å². The summed E-state index contributed by atoms with van der Waals surface area (Å²) in [6, 6.07) is 5.82. The lowest BCUT2D eigenvalue weighted by Gasteiger charge is -2.37. The lowest BCUT2D eigenvalue weighted by molar-refractivity contribution is -0.146. The second kappa shape index (κ2) is 6.27. The van der Waals surface area contributed by atoms with E-state index in [1.54, 1.807) is 31.2 Å². The van der Waals surface area contributed by atoms with Crippen molar-refractivity contribution >= 4 is 35.0 Å². The molecule has 0 unspecified atom stereocenters. The van der Waals surface area contributed by atoms with Crippen molar-refractivity contribution in [3.63, 3.8) is 0 Å². The molecule has 4 amide bonds. The van der Waals surface area contributed by atoms with Gasteiger partial charge in [-0.2, -0.15) is 0 Å². The first-order valence-electron chi connectivity index (χ1n) is 10.1. The molecule has 0 spiro atoms. The summed E-state index contributed by atoms with van der Waals surface area (Å²) in [5, 5.41) is 5.42. The van der Waals surface area contributed by atoms with Crippen LogP contribution in [0.15, 0.2) is 36.4 Å². The van der Waals surface area contributed by atoms with Crippen LogP contribution in [0.4, 0.5) is 11.4 Å². The summed E-state index contributed by atoms with van der Waals surface area (Å²) in [6.07, 6.45) is 5.35. The van der Waals surface area contributed by atoms with Crippen molar-refractivity contribution in [2.24, 2.45) is 35.5 Å². The molecule has 7 nitrogen and oxygen atoms in total. The zero-order chi connectivity index (χ0) is 20.4. The molecule has 1 heterocycles. The maximum Gasteiger partial charge on any atom is 0.247 e. The average Bonchev–Trinajstić information content (AvgIpc) is 3.46. The maximum atomic E-state index is 13.1. The monoisotopic (exact) mass is 393 g/mol. The molecule has 3 fully saturated rings. The highest BCUT2D eigenvalue weighted by Gasteiger charge is 2.67. The van der Waals surface area contributed by atoms with Crippen LogP contribution >= 0.6 is 0 Å². The second-order valence-electron chi connectivity index (χ2n) is 8.62. The van der Waals surface area contributed by atoms with Crippen molar-refractivity contribution in [1.29, 1.82) is 0 Å². The molecular formula is C22H23N3O4. The van der Waals surface area contributed by atoms with E-state index in [0.29, 0.717) is 23.2 Å². The lowest BCUT2D eigenvalue weighted by Crippen LogP contribution is -2.46. The fraction of sp³-hybridized carbons (Fsp3) is 0.455. The molecule has 150 valence electrons. The number of hydrogen-bond acceptors (Lipinski definition) is 4. The van der Waals surface area contributed by atoms with Gasteiger partial charge in [-0.1, -0.05) is 12.2 Å². The van der Waals surface area contributed by atoms with Gasteiger partial charge in [0.2, 0.25) is 23.6 Å². The van der Waals surface area contributed by atoms with E-state index in [1.807, 2.05) is 0 Å². The molecule has 4 aliphatic carbocycles. The van der Waals surface area contributed by atoms with Crippen LogP contribution in [0.2, 0.25) is 0 Å². The molecule has 0 aromatic heterocycles. The van der Waals surface area contributed by atoms with E-state index < -0.39 is 11.9 Å². The maximum absolute atomic E-state index is 13.1. The molecule has 29 heavy (non-hydrogen) atoms. The first-order valence-corrected chi connectivity index (χ1v) is 10.1. The van der Waals surface area contributed by atoms with Crippen LogP contribution in [0.3, 0.4) is 0 Å². The summed E-state index contributed by atoms with van der Waals surface area (Å²) >= 11 is 0. The van der Waals surface area contributed by atoms with E-state index in [0.717, 1.165) is 6.42 Å². The SMILES string of the molecule is CC(=O)Nc1ccc(NC(=O)[C@H](C)N2C(=O)[C@@H]3[C@H]4C=C[C@@H]([C@@H]5C[C@H]45)[C@H]3C2=O)cc1. The minimum absolute atomic E-state index is 0.146. The van der Waals surface area contributed by atoms with Gasteiger partial charge in [-0.3, -0.25) is 24.1 Å². The third kappa shape index (κ3) is 2.71. The third-order valence-electron chi connectivity index (χ3n) is 6.94. The zero-order valence-electron chi connectivity index (χ0n) is 16.3. The third-order valence-corrected chi connectivity index (χ3v) is 6.94. The van der Waals surface area contributed by atoms with Crippen LogP contribution in [0.25, 0.3) is 0 Å². The van der Waals surface area contributed by atoms with Gasteiger partial charge >= 0.3 is 0 Å². The predicted molar refractivity (Wildman–Crippen MR) is 105 cm³/mol. The molecule has 0 radical (unpaired) electrons. The normalized spacial score (nSPS) is 34.5. The van der Waals surface area contributed by atoms with Crippen molar-refractivity contribution in [3.8, 4) is 0 Å². The highest BCUT2D eigenvalue weighted by Crippen LogP contribution is 2.65. The largest absolute Gasteiger partial charge is 0.326 e. The number of benzene rings is 1. The minimum Gasteiger partial charge on any atom is -0.326 e. The fourth-order valence-corrected chi connectivity index (χ4v) is 5.57. The van der Waals surface area contributed by atoms with Gasteiger partial charge in [-0.05, 0) is 61.3 Å². The number of rotatable bonds is 4. The number of amides is 4. The Morgan fingerprint density at radius 2 is 1.41 bits per heavy atom. The first kappa shape index (κ1) is 18.1. The van der Waals surface area contributed by atoms with E-state index in [2.05, 4.69) is 22.8 Å². The smallest absolute Gasteiger partial charge is 0.247 e. The van der Waals surface area contributed by atoms with Gasteiger partial charge in [0.05, 0.1) is 11.8 Å². The quantitative estimate of drug-likeness (QED) is 0.604. The number of carbonyl (C=O) groups excluding carboxylic acids is 4. The number of nitrogens with zero attached hydrogens (tertiary/aromatic N) is 1. The van der Waals surface area contributed by atoms with E-state index in [1.165, 1.54) is 11.8 Å².